The first kappa shape index (κ1) is 14.0. The molecule has 2 aliphatic rings. The highest BCUT2D eigenvalue weighted by Crippen LogP contribution is 2.63. The van der Waals surface area contributed by atoms with Gasteiger partial charge in [0.15, 0.2) is 5.16 Å². The predicted molar refractivity (Wildman–Crippen MR) is 84.9 cm³/mol. The predicted octanol–water partition coefficient (Wildman–Crippen LogP) is 3.41. The number of nitrogen functional groups attached to an aromatic ring is 1. The van der Waals surface area contributed by atoms with Gasteiger partial charge in [-0.3, -0.25) is 0 Å². The van der Waals surface area contributed by atoms with Crippen molar-refractivity contribution in [3.05, 3.63) is 6.07 Å². The lowest BCUT2D eigenvalue weighted by atomic mass is 9.68. The third kappa shape index (κ3) is 2.07. The number of aromatic nitrogens is 2. The van der Waals surface area contributed by atoms with E-state index >= 15 is 0 Å². The zero-order chi connectivity index (χ0) is 14.5. The minimum Gasteiger partial charge on any atom is -0.383 e. The fourth-order valence-corrected chi connectivity index (χ4v) is 4.80. The topological polar surface area (TPSA) is 63.8 Å². The number of nitrogens with zero attached hydrogens (tertiary/aromatic N) is 2. The smallest absolute Gasteiger partial charge is 0.191 e. The highest BCUT2D eigenvalue weighted by Gasteiger charge is 2.59. The largest absolute Gasteiger partial charge is 0.383 e. The van der Waals surface area contributed by atoms with Gasteiger partial charge in [-0.1, -0.05) is 32.5 Å². The second-order valence-corrected chi connectivity index (χ2v) is 7.93. The molecule has 1 heterocycles. The monoisotopic (exact) mass is 292 g/mol. The lowest BCUT2D eigenvalue weighted by molar-refractivity contribution is 0.155. The average molecular weight is 292 g/mol. The molecule has 3 atom stereocenters. The van der Waals surface area contributed by atoms with E-state index in [-0.39, 0.29) is 0 Å². The minimum absolute atomic E-state index is 0.312. The first-order chi connectivity index (χ1) is 9.35. The number of nitrogens with one attached hydrogen (secondary N) is 1. The molecule has 0 radical (unpaired) electrons. The Labute approximate surface area is 125 Å². The van der Waals surface area contributed by atoms with E-state index in [1.165, 1.54) is 31.0 Å². The van der Waals surface area contributed by atoms with E-state index in [2.05, 4.69) is 36.1 Å². The molecular weight excluding hydrogens is 268 g/mol. The fraction of sp³-hybridized carbons (Fsp3) is 0.733. The Balaban J connectivity index is 1.89. The normalized spacial score (nSPS) is 34.4. The van der Waals surface area contributed by atoms with Crippen molar-refractivity contribution in [1.29, 1.82) is 0 Å². The molecule has 0 aliphatic heterocycles. The molecule has 3 unspecified atom stereocenters. The highest BCUT2D eigenvalue weighted by atomic mass is 32.2. The van der Waals surface area contributed by atoms with Gasteiger partial charge in [0.2, 0.25) is 0 Å². The zero-order valence-electron chi connectivity index (χ0n) is 12.7. The summed E-state index contributed by atoms with van der Waals surface area (Å²) >= 11 is 1.53. The molecule has 20 heavy (non-hydrogen) atoms. The maximum atomic E-state index is 5.88. The van der Waals surface area contributed by atoms with Crippen molar-refractivity contribution in [2.75, 3.05) is 17.3 Å². The molecule has 0 spiro atoms. The van der Waals surface area contributed by atoms with Crippen molar-refractivity contribution in [2.24, 2.45) is 16.7 Å². The van der Waals surface area contributed by atoms with E-state index < -0.39 is 0 Å². The van der Waals surface area contributed by atoms with E-state index in [9.17, 15) is 0 Å². The lowest BCUT2D eigenvalue weighted by Gasteiger charge is -2.43. The molecule has 2 bridgehead atoms. The van der Waals surface area contributed by atoms with Crippen LogP contribution in [0.2, 0.25) is 0 Å². The Kier molecular flexibility index (Phi) is 3.16. The van der Waals surface area contributed by atoms with Crippen LogP contribution in [0.4, 0.5) is 11.6 Å². The number of anilines is 2. The molecule has 3 rings (SSSR count). The number of thioether (sulfide) groups is 1. The summed E-state index contributed by atoms with van der Waals surface area (Å²) in [6.45, 7) is 7.19. The standard InChI is InChI=1S/C15H24N4S/c1-14(2)9-5-6-15(3,8-9)12(14)18-11-7-10(16)17-13(19-11)20-4/h7,9,12H,5-6,8H2,1-4H3,(H3,16,17,18,19). The summed E-state index contributed by atoms with van der Waals surface area (Å²) in [5.41, 5.74) is 6.58. The van der Waals surface area contributed by atoms with Crippen LogP contribution in [0.25, 0.3) is 0 Å². The lowest BCUT2D eigenvalue weighted by Crippen LogP contribution is -2.46. The summed E-state index contributed by atoms with van der Waals surface area (Å²) < 4.78 is 0. The van der Waals surface area contributed by atoms with Gasteiger partial charge in [-0.2, -0.15) is 0 Å². The summed E-state index contributed by atoms with van der Waals surface area (Å²) in [4.78, 5) is 8.77. The van der Waals surface area contributed by atoms with Gasteiger partial charge >= 0.3 is 0 Å². The van der Waals surface area contributed by atoms with Crippen molar-refractivity contribution in [2.45, 2.75) is 51.2 Å². The van der Waals surface area contributed by atoms with E-state index in [0.29, 0.717) is 22.7 Å². The number of hydrogen-bond donors (Lipinski definition) is 2. The Morgan fingerprint density at radius 3 is 2.70 bits per heavy atom. The Morgan fingerprint density at radius 1 is 1.35 bits per heavy atom. The van der Waals surface area contributed by atoms with Gasteiger partial charge in [0.05, 0.1) is 0 Å². The van der Waals surface area contributed by atoms with Crippen LogP contribution in [-0.4, -0.2) is 22.3 Å². The summed E-state index contributed by atoms with van der Waals surface area (Å²) in [7, 11) is 0. The van der Waals surface area contributed by atoms with Crippen molar-refractivity contribution >= 4 is 23.4 Å². The van der Waals surface area contributed by atoms with E-state index in [1.807, 2.05) is 12.3 Å². The van der Waals surface area contributed by atoms with E-state index in [4.69, 9.17) is 5.73 Å². The third-order valence-corrected chi connectivity index (χ3v) is 6.02. The molecule has 1 aromatic heterocycles. The van der Waals surface area contributed by atoms with Gasteiger partial charge in [0.25, 0.3) is 0 Å². The summed E-state index contributed by atoms with van der Waals surface area (Å²) in [6, 6.07) is 2.31. The van der Waals surface area contributed by atoms with Crippen LogP contribution in [0.3, 0.4) is 0 Å². The minimum atomic E-state index is 0.312. The molecule has 3 N–H and O–H groups in total. The molecular formula is C15H24N4S. The van der Waals surface area contributed by atoms with Crippen molar-refractivity contribution in [3.63, 3.8) is 0 Å². The van der Waals surface area contributed by atoms with Gasteiger partial charge < -0.3 is 11.1 Å². The summed E-state index contributed by atoms with van der Waals surface area (Å²) in [5, 5.41) is 4.41. The SMILES string of the molecule is CSc1nc(N)cc(NC2C3(C)CCC(C3)C2(C)C)n1. The second kappa shape index (κ2) is 4.52. The van der Waals surface area contributed by atoms with Gasteiger partial charge in [-0.25, -0.2) is 9.97 Å². The van der Waals surface area contributed by atoms with Crippen LogP contribution >= 0.6 is 11.8 Å². The number of rotatable bonds is 3. The molecule has 2 aliphatic carbocycles. The highest BCUT2D eigenvalue weighted by molar-refractivity contribution is 7.98. The Bertz CT molecular complexity index is 526. The second-order valence-electron chi connectivity index (χ2n) is 7.16. The zero-order valence-corrected chi connectivity index (χ0v) is 13.5. The first-order valence-corrected chi connectivity index (χ1v) is 8.53. The third-order valence-electron chi connectivity index (χ3n) is 5.47. The average Bonchev–Trinajstić information content (AvgIpc) is 2.85. The van der Waals surface area contributed by atoms with Gasteiger partial charge in [0.1, 0.15) is 11.6 Å². The van der Waals surface area contributed by atoms with Crippen LogP contribution in [0.1, 0.15) is 40.0 Å². The molecule has 0 aromatic carbocycles. The fourth-order valence-electron chi connectivity index (χ4n) is 4.42. The Hall–Kier alpha value is -0.970. The summed E-state index contributed by atoms with van der Waals surface area (Å²) in [5.74, 6) is 2.23. The quantitative estimate of drug-likeness (QED) is 0.660. The van der Waals surface area contributed by atoms with E-state index in [0.717, 1.165) is 16.9 Å². The molecule has 110 valence electrons. The van der Waals surface area contributed by atoms with Crippen LogP contribution in [0.5, 0.6) is 0 Å². The van der Waals surface area contributed by atoms with Crippen LogP contribution in [0.15, 0.2) is 11.2 Å². The Morgan fingerprint density at radius 2 is 2.10 bits per heavy atom. The van der Waals surface area contributed by atoms with Crippen LogP contribution < -0.4 is 11.1 Å². The maximum absolute atomic E-state index is 5.88. The molecule has 5 heteroatoms. The molecule has 4 nitrogen and oxygen atoms in total. The molecule has 2 saturated carbocycles. The maximum Gasteiger partial charge on any atom is 0.191 e. The van der Waals surface area contributed by atoms with Crippen molar-refractivity contribution in [1.82, 2.24) is 9.97 Å². The molecule has 0 amide bonds. The van der Waals surface area contributed by atoms with E-state index in [1.54, 1.807) is 0 Å². The van der Waals surface area contributed by atoms with Crippen LogP contribution in [-0.2, 0) is 0 Å². The van der Waals surface area contributed by atoms with Crippen LogP contribution in [0, 0.1) is 16.7 Å². The van der Waals surface area contributed by atoms with Gasteiger partial charge in [0, 0.05) is 12.1 Å². The number of nitrogens with two attached hydrogens (primary N) is 1. The number of hydrogen-bond acceptors (Lipinski definition) is 5. The molecule has 1 aromatic rings. The van der Waals surface area contributed by atoms with Crippen molar-refractivity contribution in [3.8, 4) is 0 Å². The molecule has 2 fully saturated rings. The van der Waals surface area contributed by atoms with Gasteiger partial charge in [-0.05, 0) is 42.3 Å². The molecule has 0 saturated heterocycles. The van der Waals surface area contributed by atoms with Gasteiger partial charge in [-0.15, -0.1) is 0 Å². The first-order valence-electron chi connectivity index (χ1n) is 7.30. The summed E-state index contributed by atoms with van der Waals surface area (Å²) in [6.07, 6.45) is 5.98. The number of fused-ring (bicyclic) bond motifs is 2. The van der Waals surface area contributed by atoms with Crippen molar-refractivity contribution < 1.29 is 0 Å².